The van der Waals surface area contributed by atoms with Crippen LogP contribution in [-0.2, 0) is 10.8 Å². The summed E-state index contributed by atoms with van der Waals surface area (Å²) in [4.78, 5) is 15.3. The van der Waals surface area contributed by atoms with Crippen LogP contribution in [0, 0.1) is 13.8 Å². The van der Waals surface area contributed by atoms with E-state index >= 15 is 0 Å². The molecule has 0 radical (unpaired) electrons. The van der Waals surface area contributed by atoms with Gasteiger partial charge in [0.2, 0.25) is 0 Å². The first-order valence-electron chi connectivity index (χ1n) is 6.66. The first-order chi connectivity index (χ1) is 9.49. The Balaban J connectivity index is 2.06. The topological polar surface area (TPSA) is 62.0 Å². The van der Waals surface area contributed by atoms with Crippen molar-refractivity contribution in [3.05, 3.63) is 35.0 Å². The predicted octanol–water partition coefficient (Wildman–Crippen LogP) is 2.28. The summed E-state index contributed by atoms with van der Waals surface area (Å²) < 4.78 is 10.9. The average molecular weight is 292 g/mol. The summed E-state index contributed by atoms with van der Waals surface area (Å²) in [5.41, 5.74) is 4.02. The zero-order chi connectivity index (χ0) is 14.7. The highest BCUT2D eigenvalue weighted by Crippen LogP contribution is 2.22. The Morgan fingerprint density at radius 3 is 2.80 bits per heavy atom. The van der Waals surface area contributed by atoms with E-state index < -0.39 is 10.8 Å². The van der Waals surface area contributed by atoms with Crippen molar-refractivity contribution < 1.29 is 9.00 Å². The number of amides is 1. The van der Waals surface area contributed by atoms with E-state index in [0.717, 1.165) is 23.0 Å². The molecule has 1 unspecified atom stereocenters. The van der Waals surface area contributed by atoms with Gasteiger partial charge < -0.3 is 10.3 Å². The maximum absolute atomic E-state index is 12.1. The lowest BCUT2D eigenvalue weighted by Crippen LogP contribution is -2.25. The van der Waals surface area contributed by atoms with E-state index in [4.69, 9.17) is 0 Å². The normalized spacial score (nSPS) is 12.6. The van der Waals surface area contributed by atoms with Gasteiger partial charge in [0.25, 0.3) is 5.91 Å². The average Bonchev–Trinajstić information content (AvgIpc) is 2.69. The fourth-order valence-electron chi connectivity index (χ4n) is 2.18. The van der Waals surface area contributed by atoms with E-state index in [2.05, 4.69) is 10.3 Å². The standard InChI is InChI=1S/C15H20N2O2S/c1-10-11(2)17-14-6-5-12(9-13(10)14)15(18)16-7-4-8-20(3)19/h5-6,9,17H,4,7-8H2,1-3H3,(H,16,18). The molecule has 0 saturated carbocycles. The van der Waals surface area contributed by atoms with Crippen molar-refractivity contribution in [1.29, 1.82) is 0 Å². The van der Waals surface area contributed by atoms with E-state index in [-0.39, 0.29) is 5.91 Å². The highest BCUT2D eigenvalue weighted by Gasteiger charge is 2.09. The zero-order valence-electron chi connectivity index (χ0n) is 12.1. The van der Waals surface area contributed by atoms with Gasteiger partial charge in [-0.15, -0.1) is 0 Å². The van der Waals surface area contributed by atoms with E-state index in [0.29, 0.717) is 17.9 Å². The van der Waals surface area contributed by atoms with Gasteiger partial charge in [-0.3, -0.25) is 9.00 Å². The largest absolute Gasteiger partial charge is 0.358 e. The molecule has 1 aromatic heterocycles. The molecule has 0 fully saturated rings. The van der Waals surface area contributed by atoms with Gasteiger partial charge in [0.1, 0.15) is 0 Å². The molecule has 2 rings (SSSR count). The Morgan fingerprint density at radius 2 is 2.10 bits per heavy atom. The Morgan fingerprint density at radius 1 is 1.35 bits per heavy atom. The monoisotopic (exact) mass is 292 g/mol. The molecular formula is C15H20N2O2S. The van der Waals surface area contributed by atoms with E-state index in [1.165, 1.54) is 5.56 Å². The minimum Gasteiger partial charge on any atom is -0.358 e. The van der Waals surface area contributed by atoms with Crippen LogP contribution >= 0.6 is 0 Å². The molecule has 20 heavy (non-hydrogen) atoms. The summed E-state index contributed by atoms with van der Waals surface area (Å²) in [6.07, 6.45) is 2.41. The zero-order valence-corrected chi connectivity index (χ0v) is 12.9. The van der Waals surface area contributed by atoms with Gasteiger partial charge in [0.05, 0.1) is 0 Å². The number of hydrogen-bond donors (Lipinski definition) is 2. The molecule has 4 nitrogen and oxygen atoms in total. The Kier molecular flexibility index (Phi) is 4.60. The van der Waals surface area contributed by atoms with Crippen LogP contribution in [-0.4, -0.2) is 33.7 Å². The molecule has 0 aliphatic heterocycles. The quantitative estimate of drug-likeness (QED) is 0.831. The molecule has 1 heterocycles. The summed E-state index contributed by atoms with van der Waals surface area (Å²) in [6.45, 7) is 4.63. The number of aromatic amines is 1. The molecule has 2 aromatic rings. The third kappa shape index (κ3) is 3.28. The number of fused-ring (bicyclic) bond motifs is 1. The molecule has 1 amide bonds. The van der Waals surface area contributed by atoms with Gasteiger partial charge in [-0.25, -0.2) is 0 Å². The van der Waals surface area contributed by atoms with Crippen LogP contribution in [0.3, 0.4) is 0 Å². The van der Waals surface area contributed by atoms with Crippen LogP contribution < -0.4 is 5.32 Å². The number of nitrogens with one attached hydrogen (secondary N) is 2. The third-order valence-electron chi connectivity index (χ3n) is 3.46. The fraction of sp³-hybridized carbons (Fsp3) is 0.400. The predicted molar refractivity (Wildman–Crippen MR) is 83.7 cm³/mol. The van der Waals surface area contributed by atoms with Crippen molar-refractivity contribution in [2.75, 3.05) is 18.6 Å². The number of carbonyl (C=O) groups is 1. The number of H-pyrrole nitrogens is 1. The van der Waals surface area contributed by atoms with Crippen LogP contribution in [0.15, 0.2) is 18.2 Å². The Hall–Kier alpha value is -1.62. The molecule has 0 bridgehead atoms. The summed E-state index contributed by atoms with van der Waals surface area (Å²) in [5.74, 6) is 0.544. The summed E-state index contributed by atoms with van der Waals surface area (Å²) in [5, 5.41) is 3.95. The molecule has 0 spiro atoms. The maximum Gasteiger partial charge on any atom is 0.251 e. The molecule has 0 aliphatic carbocycles. The van der Waals surface area contributed by atoms with Crippen molar-refractivity contribution in [2.24, 2.45) is 0 Å². The summed E-state index contributed by atoms with van der Waals surface area (Å²) in [7, 11) is -0.799. The van der Waals surface area contributed by atoms with E-state index in [1.54, 1.807) is 6.26 Å². The highest BCUT2D eigenvalue weighted by atomic mass is 32.2. The van der Waals surface area contributed by atoms with Crippen LogP contribution in [0.25, 0.3) is 10.9 Å². The summed E-state index contributed by atoms with van der Waals surface area (Å²) >= 11 is 0. The van der Waals surface area contributed by atoms with Crippen LogP contribution in [0.4, 0.5) is 0 Å². The minimum absolute atomic E-state index is 0.0768. The Labute approximate surface area is 121 Å². The highest BCUT2D eigenvalue weighted by molar-refractivity contribution is 7.84. The molecule has 1 atom stereocenters. The number of carbonyl (C=O) groups excluding carboxylic acids is 1. The molecule has 108 valence electrons. The molecule has 2 N–H and O–H groups in total. The fourth-order valence-corrected chi connectivity index (χ4v) is 2.73. The lowest BCUT2D eigenvalue weighted by atomic mass is 10.1. The van der Waals surface area contributed by atoms with Crippen molar-refractivity contribution in [3.8, 4) is 0 Å². The van der Waals surface area contributed by atoms with Gasteiger partial charge in [0, 0.05) is 51.5 Å². The van der Waals surface area contributed by atoms with Crippen molar-refractivity contribution >= 4 is 27.6 Å². The smallest absolute Gasteiger partial charge is 0.251 e. The Bertz CT molecular complexity index is 661. The van der Waals surface area contributed by atoms with Crippen LogP contribution in [0.2, 0.25) is 0 Å². The van der Waals surface area contributed by atoms with Gasteiger partial charge in [-0.2, -0.15) is 0 Å². The number of aromatic nitrogens is 1. The van der Waals surface area contributed by atoms with Crippen LogP contribution in [0.5, 0.6) is 0 Å². The number of hydrogen-bond acceptors (Lipinski definition) is 2. The van der Waals surface area contributed by atoms with E-state index in [9.17, 15) is 9.00 Å². The van der Waals surface area contributed by atoms with E-state index in [1.807, 2.05) is 32.0 Å². The van der Waals surface area contributed by atoms with Gasteiger partial charge in [-0.05, 0) is 44.0 Å². The first kappa shape index (κ1) is 14.8. The maximum atomic E-state index is 12.1. The minimum atomic E-state index is -0.799. The number of aryl methyl sites for hydroxylation is 2. The number of rotatable bonds is 5. The van der Waals surface area contributed by atoms with Gasteiger partial charge in [-0.1, -0.05) is 0 Å². The molecule has 0 saturated heterocycles. The molecule has 0 aliphatic rings. The lowest BCUT2D eigenvalue weighted by Gasteiger charge is -2.05. The van der Waals surface area contributed by atoms with Crippen molar-refractivity contribution in [3.63, 3.8) is 0 Å². The number of benzene rings is 1. The van der Waals surface area contributed by atoms with Gasteiger partial charge in [0.15, 0.2) is 0 Å². The second kappa shape index (κ2) is 6.22. The first-order valence-corrected chi connectivity index (χ1v) is 8.39. The second-order valence-electron chi connectivity index (χ2n) is 5.02. The van der Waals surface area contributed by atoms with Gasteiger partial charge >= 0.3 is 0 Å². The molecule has 5 heteroatoms. The third-order valence-corrected chi connectivity index (χ3v) is 4.33. The van der Waals surface area contributed by atoms with Crippen molar-refractivity contribution in [2.45, 2.75) is 20.3 Å². The summed E-state index contributed by atoms with van der Waals surface area (Å²) in [6, 6.07) is 5.68. The lowest BCUT2D eigenvalue weighted by molar-refractivity contribution is 0.0954. The van der Waals surface area contributed by atoms with Crippen LogP contribution in [0.1, 0.15) is 28.0 Å². The second-order valence-corrected chi connectivity index (χ2v) is 6.58. The SMILES string of the molecule is Cc1[nH]c2ccc(C(=O)NCCCS(C)=O)cc2c1C. The molecular weight excluding hydrogens is 272 g/mol. The molecule has 1 aromatic carbocycles. The van der Waals surface area contributed by atoms with Crippen molar-refractivity contribution in [1.82, 2.24) is 10.3 Å².